The normalized spacial score (nSPS) is 12.8. The summed E-state index contributed by atoms with van der Waals surface area (Å²) in [5, 5.41) is 0.738. The van der Waals surface area contributed by atoms with Crippen LogP contribution in [-0.4, -0.2) is 15.5 Å². The highest BCUT2D eigenvalue weighted by atomic mass is 35.5. The Labute approximate surface area is 152 Å². The number of hydrogen-bond donors (Lipinski definition) is 1. The molecule has 0 aliphatic rings. The van der Waals surface area contributed by atoms with Gasteiger partial charge < -0.3 is 4.74 Å². The standard InChI is InChI=1S/C17H19Cl2NO3S/c1-3-17(13-5-7-14(23-2)8-6-13)20-24(21,22)11-12-4-9-15(18)16(19)10-12/h4-10,17,20H,3,11H2,1-2H3. The zero-order chi connectivity index (χ0) is 17.7. The highest BCUT2D eigenvalue weighted by Gasteiger charge is 2.19. The van der Waals surface area contributed by atoms with Gasteiger partial charge in [-0.1, -0.05) is 48.3 Å². The molecule has 7 heteroatoms. The van der Waals surface area contributed by atoms with Crippen molar-refractivity contribution in [2.45, 2.75) is 25.1 Å². The van der Waals surface area contributed by atoms with E-state index in [-0.39, 0.29) is 11.8 Å². The molecule has 0 spiro atoms. The van der Waals surface area contributed by atoms with Gasteiger partial charge in [0.05, 0.1) is 22.9 Å². The molecule has 0 saturated carbocycles. The van der Waals surface area contributed by atoms with E-state index in [1.807, 2.05) is 31.2 Å². The number of benzene rings is 2. The van der Waals surface area contributed by atoms with Crippen LogP contribution in [0.2, 0.25) is 10.0 Å². The van der Waals surface area contributed by atoms with Crippen LogP contribution in [0, 0.1) is 0 Å². The fourth-order valence-electron chi connectivity index (χ4n) is 2.33. The van der Waals surface area contributed by atoms with Gasteiger partial charge in [-0.3, -0.25) is 0 Å². The first-order valence-corrected chi connectivity index (χ1v) is 9.83. The van der Waals surface area contributed by atoms with E-state index >= 15 is 0 Å². The van der Waals surface area contributed by atoms with Crippen molar-refractivity contribution in [2.24, 2.45) is 0 Å². The van der Waals surface area contributed by atoms with E-state index in [1.165, 1.54) is 0 Å². The molecule has 0 fully saturated rings. The lowest BCUT2D eigenvalue weighted by Gasteiger charge is -2.18. The molecular weight excluding hydrogens is 369 g/mol. The second kappa shape index (κ2) is 8.21. The van der Waals surface area contributed by atoms with E-state index in [4.69, 9.17) is 27.9 Å². The molecule has 0 saturated heterocycles. The molecule has 1 N–H and O–H groups in total. The van der Waals surface area contributed by atoms with Crippen LogP contribution in [0.15, 0.2) is 42.5 Å². The van der Waals surface area contributed by atoms with E-state index in [2.05, 4.69) is 4.72 Å². The van der Waals surface area contributed by atoms with Gasteiger partial charge in [0.15, 0.2) is 0 Å². The topological polar surface area (TPSA) is 55.4 Å². The average molecular weight is 388 g/mol. The van der Waals surface area contributed by atoms with Crippen molar-refractivity contribution in [3.8, 4) is 5.75 Å². The molecule has 0 heterocycles. The van der Waals surface area contributed by atoms with E-state index in [1.54, 1.807) is 25.3 Å². The van der Waals surface area contributed by atoms with Crippen LogP contribution in [0.4, 0.5) is 0 Å². The van der Waals surface area contributed by atoms with E-state index in [0.717, 1.165) is 11.3 Å². The van der Waals surface area contributed by atoms with Gasteiger partial charge in [0, 0.05) is 6.04 Å². The molecule has 0 aliphatic carbocycles. The van der Waals surface area contributed by atoms with Crippen LogP contribution in [0.5, 0.6) is 5.75 Å². The zero-order valence-corrected chi connectivity index (χ0v) is 15.8. The molecule has 2 aromatic rings. The molecule has 0 amide bonds. The summed E-state index contributed by atoms with van der Waals surface area (Å²) in [4.78, 5) is 0. The molecule has 1 unspecified atom stereocenters. The number of sulfonamides is 1. The lowest BCUT2D eigenvalue weighted by molar-refractivity contribution is 0.414. The lowest BCUT2D eigenvalue weighted by atomic mass is 10.1. The maximum absolute atomic E-state index is 12.5. The summed E-state index contributed by atoms with van der Waals surface area (Å²) in [6, 6.07) is 11.8. The average Bonchev–Trinajstić information content (AvgIpc) is 2.56. The first-order chi connectivity index (χ1) is 11.3. The van der Waals surface area contributed by atoms with Gasteiger partial charge in [-0.15, -0.1) is 0 Å². The number of nitrogens with one attached hydrogen (secondary N) is 1. The molecule has 24 heavy (non-hydrogen) atoms. The minimum atomic E-state index is -3.52. The molecule has 2 rings (SSSR count). The molecule has 0 aromatic heterocycles. The second-order valence-electron chi connectivity index (χ2n) is 5.36. The predicted octanol–water partition coefficient (Wildman–Crippen LogP) is 4.57. The number of halogens is 2. The molecule has 130 valence electrons. The maximum atomic E-state index is 12.5. The van der Waals surface area contributed by atoms with Crippen molar-refractivity contribution in [2.75, 3.05) is 7.11 Å². The van der Waals surface area contributed by atoms with Gasteiger partial charge in [-0.2, -0.15) is 0 Å². The summed E-state index contributed by atoms with van der Waals surface area (Å²) in [5.41, 5.74) is 1.47. The van der Waals surface area contributed by atoms with Crippen molar-refractivity contribution >= 4 is 33.2 Å². The Hall–Kier alpha value is -1.27. The summed E-state index contributed by atoms with van der Waals surface area (Å²) >= 11 is 11.8. The smallest absolute Gasteiger partial charge is 0.216 e. The quantitative estimate of drug-likeness (QED) is 0.756. The van der Waals surface area contributed by atoms with Gasteiger partial charge in [0.2, 0.25) is 10.0 Å². The largest absolute Gasteiger partial charge is 0.497 e. The molecule has 0 radical (unpaired) electrons. The van der Waals surface area contributed by atoms with Crippen molar-refractivity contribution in [3.05, 3.63) is 63.6 Å². The third-order valence-electron chi connectivity index (χ3n) is 3.59. The fourth-order valence-corrected chi connectivity index (χ4v) is 4.09. The summed E-state index contributed by atoms with van der Waals surface area (Å²) in [5.74, 6) is 0.573. The van der Waals surface area contributed by atoms with Crippen molar-refractivity contribution in [1.82, 2.24) is 4.72 Å². The Morgan fingerprint density at radius 1 is 1.08 bits per heavy atom. The van der Waals surface area contributed by atoms with Crippen LogP contribution < -0.4 is 9.46 Å². The van der Waals surface area contributed by atoms with Crippen LogP contribution in [0.3, 0.4) is 0 Å². The Balaban J connectivity index is 2.14. The lowest BCUT2D eigenvalue weighted by Crippen LogP contribution is -2.29. The highest BCUT2D eigenvalue weighted by molar-refractivity contribution is 7.88. The van der Waals surface area contributed by atoms with Gasteiger partial charge in [-0.25, -0.2) is 13.1 Å². The van der Waals surface area contributed by atoms with Crippen LogP contribution >= 0.6 is 23.2 Å². The van der Waals surface area contributed by atoms with E-state index < -0.39 is 10.0 Å². The van der Waals surface area contributed by atoms with Crippen LogP contribution in [0.1, 0.15) is 30.5 Å². The first-order valence-electron chi connectivity index (χ1n) is 7.42. The number of rotatable bonds is 7. The summed E-state index contributed by atoms with van der Waals surface area (Å²) in [6.45, 7) is 1.93. The molecule has 0 bridgehead atoms. The second-order valence-corrected chi connectivity index (χ2v) is 7.93. The third-order valence-corrected chi connectivity index (χ3v) is 5.68. The first kappa shape index (κ1) is 19.1. The minimum absolute atomic E-state index is 0.156. The molecular formula is C17H19Cl2NO3S. The Kier molecular flexibility index (Phi) is 6.52. The van der Waals surface area contributed by atoms with Gasteiger partial charge in [0.25, 0.3) is 0 Å². The Bertz CT molecular complexity index is 792. The minimum Gasteiger partial charge on any atom is -0.497 e. The molecule has 4 nitrogen and oxygen atoms in total. The summed E-state index contributed by atoms with van der Waals surface area (Å²) < 4.78 is 32.8. The van der Waals surface area contributed by atoms with Crippen molar-refractivity contribution in [1.29, 1.82) is 0 Å². The van der Waals surface area contributed by atoms with Gasteiger partial charge >= 0.3 is 0 Å². The number of ether oxygens (including phenoxy) is 1. The fraction of sp³-hybridized carbons (Fsp3) is 0.294. The molecule has 1 atom stereocenters. The maximum Gasteiger partial charge on any atom is 0.216 e. The van der Waals surface area contributed by atoms with E-state index in [9.17, 15) is 8.42 Å². The Morgan fingerprint density at radius 3 is 2.29 bits per heavy atom. The summed E-state index contributed by atoms with van der Waals surface area (Å²) in [7, 11) is -1.93. The van der Waals surface area contributed by atoms with Crippen molar-refractivity contribution < 1.29 is 13.2 Å². The molecule has 2 aromatic carbocycles. The van der Waals surface area contributed by atoms with Crippen LogP contribution in [0.25, 0.3) is 0 Å². The molecule has 0 aliphatic heterocycles. The highest BCUT2D eigenvalue weighted by Crippen LogP contribution is 2.25. The zero-order valence-electron chi connectivity index (χ0n) is 13.4. The monoisotopic (exact) mass is 387 g/mol. The van der Waals surface area contributed by atoms with Gasteiger partial charge in [0.1, 0.15) is 5.75 Å². The predicted molar refractivity (Wildman–Crippen MR) is 98.2 cm³/mol. The van der Waals surface area contributed by atoms with E-state index in [0.29, 0.717) is 22.0 Å². The Morgan fingerprint density at radius 2 is 1.75 bits per heavy atom. The summed E-state index contributed by atoms with van der Waals surface area (Å²) in [6.07, 6.45) is 0.632. The number of hydrogen-bond acceptors (Lipinski definition) is 3. The van der Waals surface area contributed by atoms with Crippen molar-refractivity contribution in [3.63, 3.8) is 0 Å². The number of methoxy groups -OCH3 is 1. The van der Waals surface area contributed by atoms with Crippen LogP contribution in [-0.2, 0) is 15.8 Å². The van der Waals surface area contributed by atoms with Gasteiger partial charge in [-0.05, 0) is 41.8 Å². The third kappa shape index (κ3) is 5.11. The SMILES string of the molecule is CCC(NS(=O)(=O)Cc1ccc(Cl)c(Cl)c1)c1ccc(OC)cc1.